The fraction of sp³-hybridized carbons (Fsp3) is 0.750. The van der Waals surface area contributed by atoms with Gasteiger partial charge in [0.1, 0.15) is 0 Å². The molecule has 1 heterocycles. The molecule has 0 saturated carbocycles. The van der Waals surface area contributed by atoms with E-state index in [1.807, 2.05) is 18.7 Å². The maximum absolute atomic E-state index is 4.38. The molecule has 0 amide bonds. The van der Waals surface area contributed by atoms with Gasteiger partial charge in [0.15, 0.2) is 0 Å². The highest BCUT2D eigenvalue weighted by Crippen LogP contribution is 2.21. The summed E-state index contributed by atoms with van der Waals surface area (Å²) in [7, 11) is 1.98. The van der Waals surface area contributed by atoms with E-state index in [9.17, 15) is 0 Å². The van der Waals surface area contributed by atoms with Crippen LogP contribution in [0.25, 0.3) is 0 Å². The molecule has 15 heavy (non-hydrogen) atoms. The number of anilines is 1. The summed E-state index contributed by atoms with van der Waals surface area (Å²) in [6.45, 7) is 11.9. The van der Waals surface area contributed by atoms with Crippen molar-refractivity contribution in [3.8, 4) is 0 Å². The molecule has 0 aromatic carbocycles. The molecule has 0 unspecified atom stereocenters. The lowest BCUT2D eigenvalue weighted by atomic mass is 9.92. The van der Waals surface area contributed by atoms with Gasteiger partial charge in [-0.3, -0.25) is 4.68 Å². The minimum Gasteiger partial charge on any atom is -0.382 e. The average molecular weight is 209 g/mol. The second kappa shape index (κ2) is 4.25. The van der Waals surface area contributed by atoms with Crippen molar-refractivity contribution in [3.05, 3.63) is 11.4 Å². The average Bonchev–Trinajstić information content (AvgIpc) is 2.29. The lowest BCUT2D eigenvalue weighted by Gasteiger charge is -2.18. The largest absolute Gasteiger partial charge is 0.382 e. The summed E-state index contributed by atoms with van der Waals surface area (Å²) in [6.07, 6.45) is 1.17. The maximum Gasteiger partial charge on any atom is 0.0827 e. The Balaban J connectivity index is 2.58. The van der Waals surface area contributed by atoms with Crippen LogP contribution in [0.4, 0.5) is 5.69 Å². The molecule has 0 radical (unpaired) electrons. The minimum absolute atomic E-state index is 0.386. The molecule has 1 rings (SSSR count). The van der Waals surface area contributed by atoms with E-state index >= 15 is 0 Å². The lowest BCUT2D eigenvalue weighted by Crippen LogP contribution is -2.13. The van der Waals surface area contributed by atoms with Gasteiger partial charge in [-0.1, -0.05) is 20.8 Å². The number of aryl methyl sites for hydroxylation is 2. The first-order chi connectivity index (χ1) is 6.81. The zero-order valence-electron chi connectivity index (χ0n) is 10.8. The first kappa shape index (κ1) is 12.1. The fourth-order valence-electron chi connectivity index (χ4n) is 1.59. The Morgan fingerprint density at radius 3 is 2.27 bits per heavy atom. The topological polar surface area (TPSA) is 29.9 Å². The third-order valence-electron chi connectivity index (χ3n) is 2.69. The van der Waals surface area contributed by atoms with Gasteiger partial charge in [0.2, 0.25) is 0 Å². The highest BCUT2D eigenvalue weighted by Gasteiger charge is 2.12. The Morgan fingerprint density at radius 1 is 1.27 bits per heavy atom. The number of nitrogens with one attached hydrogen (secondary N) is 1. The zero-order valence-corrected chi connectivity index (χ0v) is 10.8. The third-order valence-corrected chi connectivity index (χ3v) is 2.69. The van der Waals surface area contributed by atoms with Crippen molar-refractivity contribution in [1.29, 1.82) is 0 Å². The normalized spacial score (nSPS) is 11.9. The maximum atomic E-state index is 4.38. The Labute approximate surface area is 92.9 Å². The highest BCUT2D eigenvalue weighted by molar-refractivity contribution is 5.51. The van der Waals surface area contributed by atoms with Gasteiger partial charge in [-0.25, -0.2) is 0 Å². The molecule has 0 atom stereocenters. The SMILES string of the molecule is Cc1nn(C)c(C)c1NCCC(C)(C)C. The first-order valence-corrected chi connectivity index (χ1v) is 5.55. The fourth-order valence-corrected chi connectivity index (χ4v) is 1.59. The van der Waals surface area contributed by atoms with Crippen LogP contribution in [-0.4, -0.2) is 16.3 Å². The number of hydrogen-bond acceptors (Lipinski definition) is 2. The summed E-state index contributed by atoms with van der Waals surface area (Å²) in [6, 6.07) is 0. The minimum atomic E-state index is 0.386. The summed E-state index contributed by atoms with van der Waals surface area (Å²) in [4.78, 5) is 0. The van der Waals surface area contributed by atoms with E-state index in [4.69, 9.17) is 0 Å². The zero-order chi connectivity index (χ0) is 11.6. The van der Waals surface area contributed by atoms with Gasteiger partial charge >= 0.3 is 0 Å². The van der Waals surface area contributed by atoms with Crippen LogP contribution < -0.4 is 5.32 Å². The Hall–Kier alpha value is -0.990. The van der Waals surface area contributed by atoms with Crippen molar-refractivity contribution < 1.29 is 0 Å². The van der Waals surface area contributed by atoms with Gasteiger partial charge in [-0.05, 0) is 25.7 Å². The molecule has 0 fully saturated rings. The molecular weight excluding hydrogens is 186 g/mol. The van der Waals surface area contributed by atoms with Crippen LogP contribution in [0.3, 0.4) is 0 Å². The highest BCUT2D eigenvalue weighted by atomic mass is 15.3. The van der Waals surface area contributed by atoms with E-state index in [1.165, 1.54) is 17.8 Å². The number of nitrogens with zero attached hydrogens (tertiary/aromatic N) is 2. The standard InChI is InChI=1S/C12H23N3/c1-9-11(10(2)15(6)14-9)13-8-7-12(3,4)5/h13H,7-8H2,1-6H3. The molecule has 3 heteroatoms. The first-order valence-electron chi connectivity index (χ1n) is 5.55. The Morgan fingerprint density at radius 2 is 1.87 bits per heavy atom. The van der Waals surface area contributed by atoms with Crippen LogP contribution in [0.15, 0.2) is 0 Å². The number of aromatic nitrogens is 2. The summed E-state index contributed by atoms with van der Waals surface area (Å²) < 4.78 is 1.93. The van der Waals surface area contributed by atoms with E-state index < -0.39 is 0 Å². The second-order valence-electron chi connectivity index (χ2n) is 5.41. The van der Waals surface area contributed by atoms with Gasteiger partial charge in [-0.15, -0.1) is 0 Å². The molecule has 0 aliphatic rings. The molecule has 0 aliphatic carbocycles. The van der Waals surface area contributed by atoms with Crippen LogP contribution >= 0.6 is 0 Å². The van der Waals surface area contributed by atoms with Crippen LogP contribution in [0, 0.1) is 19.3 Å². The Kier molecular flexibility index (Phi) is 3.42. The van der Waals surface area contributed by atoms with Crippen molar-refractivity contribution >= 4 is 5.69 Å². The lowest BCUT2D eigenvalue weighted by molar-refractivity contribution is 0.389. The molecule has 1 N–H and O–H groups in total. The number of hydrogen-bond donors (Lipinski definition) is 1. The van der Waals surface area contributed by atoms with Gasteiger partial charge in [0.25, 0.3) is 0 Å². The van der Waals surface area contributed by atoms with Crippen LogP contribution in [-0.2, 0) is 7.05 Å². The van der Waals surface area contributed by atoms with E-state index in [-0.39, 0.29) is 0 Å². The van der Waals surface area contributed by atoms with Gasteiger partial charge < -0.3 is 5.32 Å². The quantitative estimate of drug-likeness (QED) is 0.829. The summed E-state index contributed by atoms with van der Waals surface area (Å²) in [5, 5.41) is 7.86. The molecule has 0 saturated heterocycles. The van der Waals surface area contributed by atoms with Crippen molar-refractivity contribution in [2.24, 2.45) is 12.5 Å². The van der Waals surface area contributed by atoms with E-state index in [1.54, 1.807) is 0 Å². The van der Waals surface area contributed by atoms with Crippen molar-refractivity contribution in [3.63, 3.8) is 0 Å². The van der Waals surface area contributed by atoms with Crippen LogP contribution in [0.5, 0.6) is 0 Å². The van der Waals surface area contributed by atoms with Crippen molar-refractivity contribution in [2.75, 3.05) is 11.9 Å². The molecule has 3 nitrogen and oxygen atoms in total. The Bertz CT molecular complexity index is 331. The molecule has 0 aliphatic heterocycles. The molecule has 86 valence electrons. The van der Waals surface area contributed by atoms with E-state index in [0.29, 0.717) is 5.41 Å². The third kappa shape index (κ3) is 3.26. The molecule has 0 bridgehead atoms. The van der Waals surface area contributed by atoms with Crippen LogP contribution in [0.1, 0.15) is 38.6 Å². The van der Waals surface area contributed by atoms with Gasteiger partial charge in [-0.2, -0.15) is 5.10 Å². The molecular formula is C12H23N3. The van der Waals surface area contributed by atoms with Crippen LogP contribution in [0.2, 0.25) is 0 Å². The van der Waals surface area contributed by atoms with Crippen molar-refractivity contribution in [1.82, 2.24) is 9.78 Å². The summed E-state index contributed by atoms with van der Waals surface area (Å²) in [5.41, 5.74) is 3.88. The predicted molar refractivity (Wildman–Crippen MR) is 65.2 cm³/mol. The summed E-state index contributed by atoms with van der Waals surface area (Å²) in [5.74, 6) is 0. The van der Waals surface area contributed by atoms with E-state index in [2.05, 4.69) is 38.1 Å². The predicted octanol–water partition coefficient (Wildman–Crippen LogP) is 2.89. The molecule has 1 aromatic rings. The second-order valence-corrected chi connectivity index (χ2v) is 5.41. The number of rotatable bonds is 3. The smallest absolute Gasteiger partial charge is 0.0827 e. The van der Waals surface area contributed by atoms with Gasteiger partial charge in [0.05, 0.1) is 17.1 Å². The van der Waals surface area contributed by atoms with E-state index in [0.717, 1.165) is 12.2 Å². The monoisotopic (exact) mass is 209 g/mol. The summed E-state index contributed by atoms with van der Waals surface area (Å²) >= 11 is 0. The molecule has 0 spiro atoms. The van der Waals surface area contributed by atoms with Gasteiger partial charge in [0, 0.05) is 13.6 Å². The molecule has 1 aromatic heterocycles. The van der Waals surface area contributed by atoms with Crippen molar-refractivity contribution in [2.45, 2.75) is 41.0 Å².